The van der Waals surface area contributed by atoms with Crippen molar-refractivity contribution in [2.45, 2.75) is 38.3 Å². The number of hydrogen-bond donors (Lipinski definition) is 3. The highest BCUT2D eigenvalue weighted by atomic mass is 16.3. The maximum absolute atomic E-state index is 12.1. The van der Waals surface area contributed by atoms with Gasteiger partial charge in [-0.25, -0.2) is 0 Å². The third-order valence-electron chi connectivity index (χ3n) is 4.00. The Morgan fingerprint density at radius 1 is 1.33 bits per heavy atom. The molecule has 1 aromatic carbocycles. The predicted octanol–water partition coefficient (Wildman–Crippen LogP) is 1.32. The lowest BCUT2D eigenvalue weighted by molar-refractivity contribution is -0.117. The molecule has 0 aromatic heterocycles. The molecule has 1 aromatic rings. The molecule has 1 unspecified atom stereocenters. The van der Waals surface area contributed by atoms with Gasteiger partial charge in [-0.05, 0) is 50.4 Å². The van der Waals surface area contributed by atoms with E-state index in [0.29, 0.717) is 19.5 Å². The summed E-state index contributed by atoms with van der Waals surface area (Å²) in [5, 5.41) is 13.0. The van der Waals surface area contributed by atoms with E-state index < -0.39 is 5.60 Å². The minimum absolute atomic E-state index is 0.0166. The van der Waals surface area contributed by atoms with E-state index in [1.54, 1.807) is 0 Å². The van der Waals surface area contributed by atoms with Crippen LogP contribution in [0.15, 0.2) is 24.3 Å². The fourth-order valence-corrected chi connectivity index (χ4v) is 2.61. The highest BCUT2D eigenvalue weighted by Gasteiger charge is 2.25. The molecule has 0 aliphatic carbocycles. The summed E-state index contributed by atoms with van der Waals surface area (Å²) in [6.07, 6.45) is 2.43. The number of amides is 1. The van der Waals surface area contributed by atoms with Crippen LogP contribution in [0.25, 0.3) is 0 Å². The van der Waals surface area contributed by atoms with Crippen molar-refractivity contribution in [1.82, 2.24) is 4.90 Å². The first-order valence-corrected chi connectivity index (χ1v) is 7.52. The zero-order valence-corrected chi connectivity index (χ0v) is 12.6. The number of hydrogen-bond acceptors (Lipinski definition) is 4. The molecule has 1 aliphatic rings. The molecule has 4 N–H and O–H groups in total. The molecule has 1 aliphatic heterocycles. The van der Waals surface area contributed by atoms with Gasteiger partial charge < -0.3 is 16.2 Å². The molecular weight excluding hydrogens is 266 g/mol. The quantitative estimate of drug-likeness (QED) is 0.782. The minimum Gasteiger partial charge on any atom is -0.390 e. The predicted molar refractivity (Wildman–Crippen MR) is 83.9 cm³/mol. The molecule has 1 amide bonds. The zero-order chi connectivity index (χ0) is 15.3. The van der Waals surface area contributed by atoms with Gasteiger partial charge in [0.25, 0.3) is 0 Å². The Bertz CT molecular complexity index is 471. The van der Waals surface area contributed by atoms with Crippen LogP contribution in [-0.4, -0.2) is 41.1 Å². The third kappa shape index (κ3) is 5.12. The van der Waals surface area contributed by atoms with Crippen molar-refractivity contribution in [2.75, 3.05) is 25.0 Å². The van der Waals surface area contributed by atoms with E-state index in [4.69, 9.17) is 5.73 Å². The number of aliphatic hydroxyl groups is 1. The lowest BCUT2D eigenvalue weighted by atomic mass is 9.98. The van der Waals surface area contributed by atoms with Crippen molar-refractivity contribution in [2.24, 2.45) is 5.73 Å². The van der Waals surface area contributed by atoms with Gasteiger partial charge in [-0.3, -0.25) is 9.69 Å². The van der Waals surface area contributed by atoms with E-state index in [-0.39, 0.29) is 5.91 Å². The number of anilines is 1. The highest BCUT2D eigenvalue weighted by Crippen LogP contribution is 2.21. The molecule has 1 fully saturated rings. The van der Waals surface area contributed by atoms with Crippen molar-refractivity contribution < 1.29 is 9.90 Å². The summed E-state index contributed by atoms with van der Waals surface area (Å²) in [4.78, 5) is 14.2. The standard InChI is InChI=1S/C16H25N3O2/c1-16(21)7-2-9-19(10-8-16)12-15(20)18-14-5-3-13(11-17)4-6-14/h3-6,21H,2,7-12,17H2,1H3,(H,18,20). The van der Waals surface area contributed by atoms with Crippen LogP contribution in [0.5, 0.6) is 0 Å². The number of carbonyl (C=O) groups is 1. The summed E-state index contributed by atoms with van der Waals surface area (Å²) in [7, 11) is 0. The van der Waals surface area contributed by atoms with Gasteiger partial charge in [0.15, 0.2) is 0 Å². The average molecular weight is 291 g/mol. The fourth-order valence-electron chi connectivity index (χ4n) is 2.61. The number of nitrogens with zero attached hydrogens (tertiary/aromatic N) is 1. The van der Waals surface area contributed by atoms with Crippen LogP contribution >= 0.6 is 0 Å². The normalized spacial score (nSPS) is 23.6. The number of rotatable bonds is 4. The van der Waals surface area contributed by atoms with E-state index in [1.807, 2.05) is 31.2 Å². The summed E-state index contributed by atoms with van der Waals surface area (Å²) in [6, 6.07) is 7.57. The SMILES string of the molecule is CC1(O)CCCN(CC(=O)Nc2ccc(CN)cc2)CC1. The second-order valence-electron chi connectivity index (χ2n) is 6.08. The van der Waals surface area contributed by atoms with Crippen molar-refractivity contribution in [3.05, 3.63) is 29.8 Å². The fraction of sp³-hybridized carbons (Fsp3) is 0.562. The van der Waals surface area contributed by atoms with E-state index in [0.717, 1.165) is 37.2 Å². The first-order chi connectivity index (χ1) is 9.98. The van der Waals surface area contributed by atoms with Gasteiger partial charge >= 0.3 is 0 Å². The molecule has 0 saturated carbocycles. The number of carbonyl (C=O) groups excluding carboxylic acids is 1. The summed E-state index contributed by atoms with van der Waals surface area (Å²) in [6.45, 7) is 4.36. The van der Waals surface area contributed by atoms with Crippen LogP contribution in [-0.2, 0) is 11.3 Å². The molecule has 5 heteroatoms. The van der Waals surface area contributed by atoms with Crippen LogP contribution in [0.3, 0.4) is 0 Å². The zero-order valence-electron chi connectivity index (χ0n) is 12.6. The van der Waals surface area contributed by atoms with Crippen molar-refractivity contribution in [3.63, 3.8) is 0 Å². The van der Waals surface area contributed by atoms with E-state index in [2.05, 4.69) is 10.2 Å². The van der Waals surface area contributed by atoms with E-state index in [1.165, 1.54) is 0 Å². The summed E-state index contributed by atoms with van der Waals surface area (Å²) in [5.41, 5.74) is 6.79. The van der Waals surface area contributed by atoms with Gasteiger partial charge in [0.2, 0.25) is 5.91 Å². The van der Waals surface area contributed by atoms with Gasteiger partial charge in [0.1, 0.15) is 0 Å². The Morgan fingerprint density at radius 3 is 2.71 bits per heavy atom. The van der Waals surface area contributed by atoms with E-state index >= 15 is 0 Å². The first-order valence-electron chi connectivity index (χ1n) is 7.52. The molecular formula is C16H25N3O2. The van der Waals surface area contributed by atoms with Gasteiger partial charge in [-0.1, -0.05) is 12.1 Å². The lowest BCUT2D eigenvalue weighted by Crippen LogP contribution is -2.35. The first kappa shape index (κ1) is 15.9. The summed E-state index contributed by atoms with van der Waals surface area (Å²) >= 11 is 0. The monoisotopic (exact) mass is 291 g/mol. The smallest absolute Gasteiger partial charge is 0.238 e. The van der Waals surface area contributed by atoms with Gasteiger partial charge in [0.05, 0.1) is 12.1 Å². The van der Waals surface area contributed by atoms with E-state index in [9.17, 15) is 9.90 Å². The lowest BCUT2D eigenvalue weighted by Gasteiger charge is -2.22. The average Bonchev–Trinajstić information content (AvgIpc) is 2.61. The van der Waals surface area contributed by atoms with Crippen LogP contribution in [0.2, 0.25) is 0 Å². The molecule has 5 nitrogen and oxygen atoms in total. The molecule has 116 valence electrons. The highest BCUT2D eigenvalue weighted by molar-refractivity contribution is 5.92. The second-order valence-corrected chi connectivity index (χ2v) is 6.08. The maximum Gasteiger partial charge on any atom is 0.238 e. The molecule has 0 bridgehead atoms. The number of nitrogens with one attached hydrogen (secondary N) is 1. The van der Waals surface area contributed by atoms with Crippen molar-refractivity contribution in [1.29, 1.82) is 0 Å². The topological polar surface area (TPSA) is 78.6 Å². The van der Waals surface area contributed by atoms with Crippen LogP contribution in [0.4, 0.5) is 5.69 Å². The Morgan fingerprint density at radius 2 is 2.05 bits per heavy atom. The van der Waals surface area contributed by atoms with Gasteiger partial charge in [0, 0.05) is 18.8 Å². The molecule has 21 heavy (non-hydrogen) atoms. The van der Waals surface area contributed by atoms with Gasteiger partial charge in [-0.15, -0.1) is 0 Å². The largest absolute Gasteiger partial charge is 0.390 e. The Balaban J connectivity index is 1.83. The van der Waals surface area contributed by atoms with Crippen LogP contribution in [0, 0.1) is 0 Å². The van der Waals surface area contributed by atoms with Gasteiger partial charge in [-0.2, -0.15) is 0 Å². The van der Waals surface area contributed by atoms with Crippen LogP contribution < -0.4 is 11.1 Å². The number of benzene rings is 1. The Kier molecular flexibility index (Phi) is 5.33. The summed E-state index contributed by atoms with van der Waals surface area (Å²) < 4.78 is 0. The minimum atomic E-state index is -0.594. The molecule has 2 rings (SSSR count). The van der Waals surface area contributed by atoms with Crippen molar-refractivity contribution in [3.8, 4) is 0 Å². The van der Waals surface area contributed by atoms with Crippen LogP contribution in [0.1, 0.15) is 31.7 Å². The molecule has 1 saturated heterocycles. The third-order valence-corrected chi connectivity index (χ3v) is 4.00. The Labute approximate surface area is 126 Å². The number of nitrogens with two attached hydrogens (primary N) is 1. The summed E-state index contributed by atoms with van der Waals surface area (Å²) in [5.74, 6) is -0.0166. The van der Waals surface area contributed by atoms with Crippen molar-refractivity contribution >= 4 is 11.6 Å². The number of likely N-dealkylation sites (tertiary alicyclic amines) is 1. The second kappa shape index (κ2) is 7.02. The molecule has 1 heterocycles. The molecule has 1 atom stereocenters. The maximum atomic E-state index is 12.1. The Hall–Kier alpha value is -1.43. The molecule has 0 spiro atoms. The molecule has 0 radical (unpaired) electrons.